The fourth-order valence-corrected chi connectivity index (χ4v) is 4.44. The molecule has 2 aromatic rings. The van der Waals surface area contributed by atoms with Crippen molar-refractivity contribution in [1.29, 1.82) is 0 Å². The van der Waals surface area contributed by atoms with Gasteiger partial charge in [-0.2, -0.15) is 0 Å². The van der Waals surface area contributed by atoms with Crippen LogP contribution in [0.2, 0.25) is 0 Å². The van der Waals surface area contributed by atoms with Crippen molar-refractivity contribution in [2.24, 2.45) is 0 Å². The predicted octanol–water partition coefficient (Wildman–Crippen LogP) is 5.29. The summed E-state index contributed by atoms with van der Waals surface area (Å²) < 4.78 is 42.8. The van der Waals surface area contributed by atoms with E-state index in [1.165, 1.54) is 42.4 Å². The van der Waals surface area contributed by atoms with E-state index < -0.39 is 34.6 Å². The first kappa shape index (κ1) is 26.0. The first-order valence-corrected chi connectivity index (χ1v) is 12.0. The Morgan fingerprint density at radius 1 is 1.06 bits per heavy atom. The number of amides is 1. The summed E-state index contributed by atoms with van der Waals surface area (Å²) in [5.41, 5.74) is -0.987. The molecule has 0 bridgehead atoms. The molecular weight excluding hydrogens is 443 g/mol. The summed E-state index contributed by atoms with van der Waals surface area (Å²) in [7, 11) is 0. The molecule has 0 atom stereocenters. The minimum absolute atomic E-state index is 0.0639. The smallest absolute Gasteiger partial charge is 0.256 e. The average molecular weight is 478 g/mol. The Morgan fingerprint density at radius 2 is 1.74 bits per heavy atom. The predicted molar refractivity (Wildman–Crippen MR) is 128 cm³/mol. The van der Waals surface area contributed by atoms with Crippen LogP contribution in [0.15, 0.2) is 30.3 Å². The van der Waals surface area contributed by atoms with Crippen LogP contribution < -0.4 is 10.6 Å². The zero-order chi connectivity index (χ0) is 24.9. The first-order valence-electron chi connectivity index (χ1n) is 12.0. The Bertz CT molecular complexity index is 1000. The van der Waals surface area contributed by atoms with Crippen LogP contribution in [-0.2, 0) is 0 Å². The van der Waals surface area contributed by atoms with E-state index in [1.807, 2.05) is 13.8 Å². The van der Waals surface area contributed by atoms with Crippen molar-refractivity contribution in [3.05, 3.63) is 58.9 Å². The van der Waals surface area contributed by atoms with Crippen molar-refractivity contribution in [1.82, 2.24) is 10.2 Å². The van der Waals surface area contributed by atoms with E-state index in [2.05, 4.69) is 10.6 Å². The van der Waals surface area contributed by atoms with Crippen molar-refractivity contribution in [2.75, 3.05) is 25.0 Å². The molecule has 2 aromatic carbocycles. The topological polar surface area (TPSA) is 64.6 Å². The number of nitrogens with one attached hydrogen (secondary N) is 2. The molecular formula is C26H34F3N3O2. The quantitative estimate of drug-likeness (QED) is 0.529. The highest BCUT2D eigenvalue weighted by atomic mass is 19.2. The molecule has 0 spiro atoms. The second-order valence-electron chi connectivity index (χ2n) is 8.99. The maximum atomic E-state index is 14.6. The molecule has 0 unspecified atom stereocenters. The van der Waals surface area contributed by atoms with Crippen LogP contribution in [-0.4, -0.2) is 47.2 Å². The van der Waals surface area contributed by atoms with Crippen molar-refractivity contribution in [3.8, 4) is 0 Å². The van der Waals surface area contributed by atoms with Gasteiger partial charge in [0.15, 0.2) is 11.6 Å². The van der Waals surface area contributed by atoms with E-state index in [-0.39, 0.29) is 24.3 Å². The Kier molecular flexibility index (Phi) is 8.60. The highest BCUT2D eigenvalue weighted by Gasteiger charge is 2.44. The summed E-state index contributed by atoms with van der Waals surface area (Å²) in [5, 5.41) is 16.6. The fourth-order valence-electron chi connectivity index (χ4n) is 4.44. The summed E-state index contributed by atoms with van der Waals surface area (Å²) in [5.74, 6) is -3.60. The fraction of sp³-hybridized carbons (Fsp3) is 0.500. The number of hydrogen-bond acceptors (Lipinski definition) is 4. The molecule has 2 fully saturated rings. The number of benzene rings is 2. The lowest BCUT2D eigenvalue weighted by atomic mass is 9.90. The third-order valence-electron chi connectivity index (χ3n) is 6.29. The molecule has 186 valence electrons. The third-order valence-corrected chi connectivity index (χ3v) is 6.29. The number of β-amino-alcohol motifs (C(OH)–C–C–N with tert-alkyl or cyclic N) is 1. The lowest BCUT2D eigenvalue weighted by Gasteiger charge is -2.47. The Labute approximate surface area is 199 Å². The van der Waals surface area contributed by atoms with Gasteiger partial charge in [0.1, 0.15) is 11.4 Å². The van der Waals surface area contributed by atoms with Crippen molar-refractivity contribution >= 4 is 17.3 Å². The van der Waals surface area contributed by atoms with Gasteiger partial charge < -0.3 is 20.6 Å². The highest BCUT2D eigenvalue weighted by Crippen LogP contribution is 2.31. The van der Waals surface area contributed by atoms with E-state index in [0.29, 0.717) is 18.2 Å². The number of carbonyl (C=O) groups is 1. The van der Waals surface area contributed by atoms with Crippen LogP contribution in [0.1, 0.15) is 61.9 Å². The molecule has 5 nitrogen and oxygen atoms in total. The number of carbonyl (C=O) groups excluding carboxylic acids is 1. The van der Waals surface area contributed by atoms with Gasteiger partial charge in [0.2, 0.25) is 0 Å². The van der Waals surface area contributed by atoms with Gasteiger partial charge in [-0.3, -0.25) is 4.79 Å². The van der Waals surface area contributed by atoms with Crippen LogP contribution >= 0.6 is 0 Å². The number of hydrogen-bond donors (Lipinski definition) is 3. The van der Waals surface area contributed by atoms with Crippen LogP contribution in [0.4, 0.5) is 24.5 Å². The molecule has 1 aliphatic heterocycles. The molecule has 1 aliphatic carbocycles. The number of aliphatic hydroxyl groups is 1. The molecule has 1 heterocycles. The third kappa shape index (κ3) is 5.91. The number of rotatable bonds is 6. The van der Waals surface area contributed by atoms with Gasteiger partial charge in [0.05, 0.1) is 30.0 Å². The Hall–Kier alpha value is -2.58. The lowest BCUT2D eigenvalue weighted by Crippen LogP contribution is -2.67. The van der Waals surface area contributed by atoms with Crippen LogP contribution in [0.3, 0.4) is 0 Å². The largest absolute Gasteiger partial charge is 0.385 e. The minimum atomic E-state index is -1.26. The molecule has 8 heteroatoms. The minimum Gasteiger partial charge on any atom is -0.385 e. The number of halogens is 3. The molecule has 0 radical (unpaired) electrons. The summed E-state index contributed by atoms with van der Waals surface area (Å²) >= 11 is 0. The van der Waals surface area contributed by atoms with Gasteiger partial charge in [0, 0.05) is 12.6 Å². The van der Waals surface area contributed by atoms with Gasteiger partial charge in [-0.05, 0) is 49.6 Å². The standard InChI is InChI=1S/C24H28F3N3O2.C2H6/c1-15-7-10-20(19(26)11-15)29-22-17(8-9-18(25)21(22)27)23(31)30-13-24(32,14-30)12-28-16-5-3-2-4-6-16;1-2/h7-11,16,28-29,32H,2-6,12-14H2,1H3;1-2H3. The van der Waals surface area contributed by atoms with Crippen molar-refractivity contribution in [2.45, 2.75) is 64.5 Å². The molecule has 1 amide bonds. The summed E-state index contributed by atoms with van der Waals surface area (Å²) in [6.45, 7) is 6.25. The van der Waals surface area contributed by atoms with Gasteiger partial charge in [-0.15, -0.1) is 0 Å². The van der Waals surface area contributed by atoms with E-state index in [0.717, 1.165) is 18.9 Å². The average Bonchev–Trinajstić information content (AvgIpc) is 2.82. The molecule has 1 saturated heterocycles. The van der Waals surface area contributed by atoms with E-state index in [1.54, 1.807) is 13.0 Å². The highest BCUT2D eigenvalue weighted by molar-refractivity contribution is 6.01. The SMILES string of the molecule is CC.Cc1ccc(Nc2c(C(=O)N3CC(O)(CNC4CCCCC4)C3)ccc(F)c2F)c(F)c1. The maximum Gasteiger partial charge on any atom is 0.256 e. The number of nitrogens with zero attached hydrogens (tertiary/aromatic N) is 1. The maximum absolute atomic E-state index is 14.6. The molecule has 4 rings (SSSR count). The lowest BCUT2D eigenvalue weighted by molar-refractivity contribution is -0.0802. The molecule has 2 aliphatic rings. The zero-order valence-corrected chi connectivity index (χ0v) is 20.1. The van der Waals surface area contributed by atoms with E-state index >= 15 is 0 Å². The van der Waals surface area contributed by atoms with E-state index in [4.69, 9.17) is 0 Å². The Balaban J connectivity index is 0.00000158. The van der Waals surface area contributed by atoms with Gasteiger partial charge in [-0.25, -0.2) is 13.2 Å². The van der Waals surface area contributed by atoms with Gasteiger partial charge >= 0.3 is 0 Å². The molecule has 0 aromatic heterocycles. The molecule has 34 heavy (non-hydrogen) atoms. The summed E-state index contributed by atoms with van der Waals surface area (Å²) in [6.07, 6.45) is 5.75. The number of anilines is 2. The van der Waals surface area contributed by atoms with Crippen molar-refractivity contribution in [3.63, 3.8) is 0 Å². The van der Waals surface area contributed by atoms with Crippen LogP contribution in [0.5, 0.6) is 0 Å². The van der Waals surface area contributed by atoms with Crippen molar-refractivity contribution < 1.29 is 23.1 Å². The summed E-state index contributed by atoms with van der Waals surface area (Å²) in [6, 6.07) is 6.71. The number of aryl methyl sites for hydroxylation is 1. The Morgan fingerprint density at radius 3 is 2.38 bits per heavy atom. The molecule has 1 saturated carbocycles. The second kappa shape index (κ2) is 11.2. The second-order valence-corrected chi connectivity index (χ2v) is 8.99. The first-order chi connectivity index (χ1) is 16.3. The molecule has 3 N–H and O–H groups in total. The van der Waals surface area contributed by atoms with Crippen LogP contribution in [0.25, 0.3) is 0 Å². The van der Waals surface area contributed by atoms with Gasteiger partial charge in [-0.1, -0.05) is 39.2 Å². The normalized spacial score (nSPS) is 17.4. The van der Waals surface area contributed by atoms with Crippen LogP contribution in [0, 0.1) is 24.4 Å². The van der Waals surface area contributed by atoms with E-state index in [9.17, 15) is 23.1 Å². The zero-order valence-electron chi connectivity index (χ0n) is 20.1. The number of likely N-dealkylation sites (tertiary alicyclic amines) is 1. The monoisotopic (exact) mass is 477 g/mol. The summed E-state index contributed by atoms with van der Waals surface area (Å²) in [4.78, 5) is 14.4. The van der Waals surface area contributed by atoms with Gasteiger partial charge in [0.25, 0.3) is 5.91 Å².